The molecule has 2 aromatic carbocycles. The van der Waals surface area contributed by atoms with E-state index in [1.807, 2.05) is 13.0 Å². The normalized spacial score (nSPS) is 13.7. The highest BCUT2D eigenvalue weighted by atomic mass is 16.5. The zero-order valence-corrected chi connectivity index (χ0v) is 19.6. The Bertz CT molecular complexity index is 1160. The molecule has 1 heterocycles. The molecule has 1 fully saturated rings. The van der Waals surface area contributed by atoms with E-state index in [9.17, 15) is 9.59 Å². The van der Waals surface area contributed by atoms with E-state index in [4.69, 9.17) is 18.7 Å². The number of amides is 1. The number of carbonyl (C=O) groups excluding carboxylic acids is 2. The van der Waals surface area contributed by atoms with Crippen molar-refractivity contribution >= 4 is 17.6 Å². The summed E-state index contributed by atoms with van der Waals surface area (Å²) in [5.41, 5.74) is 1.69. The number of nitrogens with zero attached hydrogens (tertiary/aromatic N) is 1. The van der Waals surface area contributed by atoms with Gasteiger partial charge in [-0.25, -0.2) is 4.79 Å². The molecule has 0 saturated heterocycles. The van der Waals surface area contributed by atoms with E-state index in [-0.39, 0.29) is 11.9 Å². The number of ether oxygens (including phenoxy) is 3. The Hall–Kier alpha value is -3.81. The van der Waals surface area contributed by atoms with Crippen molar-refractivity contribution < 1.29 is 28.3 Å². The number of anilines is 1. The number of aromatic nitrogens is 1. The van der Waals surface area contributed by atoms with E-state index >= 15 is 0 Å². The molecule has 0 bridgehead atoms. The van der Waals surface area contributed by atoms with Gasteiger partial charge in [-0.05, 0) is 61.7 Å². The van der Waals surface area contributed by atoms with Gasteiger partial charge in [-0.3, -0.25) is 4.79 Å². The standard InChI is InChI=1S/C26H28N2O6/c1-4-5-14-33-24(29)17-6-9-19(10-7-17)27-25(30)26(12-13-26)23-16-21(34-28-23)18-8-11-20(31-2)22(15-18)32-3/h6-11,15-16H,4-5,12-14H2,1-3H3,(H,27,30). The average molecular weight is 465 g/mol. The van der Waals surface area contributed by atoms with Crippen molar-refractivity contribution in [3.8, 4) is 22.8 Å². The number of rotatable bonds is 10. The Labute approximate surface area is 198 Å². The number of methoxy groups -OCH3 is 2. The number of benzene rings is 2. The van der Waals surface area contributed by atoms with Crippen molar-refractivity contribution in [3.63, 3.8) is 0 Å². The number of unbranched alkanes of at least 4 members (excludes halogenated alkanes) is 1. The molecule has 34 heavy (non-hydrogen) atoms. The maximum Gasteiger partial charge on any atom is 0.338 e. The first kappa shape index (κ1) is 23.4. The second-order valence-electron chi connectivity index (χ2n) is 8.25. The molecule has 1 aromatic heterocycles. The third-order valence-corrected chi connectivity index (χ3v) is 5.96. The predicted octanol–water partition coefficient (Wildman–Crippen LogP) is 4.99. The molecule has 1 N–H and O–H groups in total. The number of hydrogen-bond donors (Lipinski definition) is 1. The Morgan fingerprint density at radius 1 is 1.03 bits per heavy atom. The second-order valence-corrected chi connectivity index (χ2v) is 8.25. The van der Waals surface area contributed by atoms with E-state index in [1.54, 1.807) is 56.7 Å². The minimum absolute atomic E-state index is 0.155. The molecule has 0 spiro atoms. The Balaban J connectivity index is 1.44. The van der Waals surface area contributed by atoms with Crippen LogP contribution in [0.4, 0.5) is 5.69 Å². The van der Waals surface area contributed by atoms with Crippen LogP contribution in [0.1, 0.15) is 48.7 Å². The highest BCUT2D eigenvalue weighted by Gasteiger charge is 2.53. The van der Waals surface area contributed by atoms with Gasteiger partial charge in [-0.15, -0.1) is 0 Å². The lowest BCUT2D eigenvalue weighted by Gasteiger charge is -2.13. The summed E-state index contributed by atoms with van der Waals surface area (Å²) in [5, 5.41) is 7.13. The van der Waals surface area contributed by atoms with Gasteiger partial charge in [0.1, 0.15) is 0 Å². The lowest BCUT2D eigenvalue weighted by Crippen LogP contribution is -2.28. The lowest BCUT2D eigenvalue weighted by atomic mass is 10.00. The maximum absolute atomic E-state index is 13.1. The monoisotopic (exact) mass is 464 g/mol. The fraction of sp³-hybridized carbons (Fsp3) is 0.346. The Kier molecular flexibility index (Phi) is 6.86. The second kappa shape index (κ2) is 9.99. The molecule has 0 atom stereocenters. The third kappa shape index (κ3) is 4.76. The van der Waals surface area contributed by atoms with Gasteiger partial charge < -0.3 is 24.1 Å². The van der Waals surface area contributed by atoms with Crippen molar-refractivity contribution in [2.24, 2.45) is 0 Å². The molecule has 8 nitrogen and oxygen atoms in total. The van der Waals surface area contributed by atoms with Crippen LogP contribution in [0.25, 0.3) is 11.3 Å². The van der Waals surface area contributed by atoms with Gasteiger partial charge in [0.15, 0.2) is 17.3 Å². The van der Waals surface area contributed by atoms with Crippen molar-refractivity contribution in [1.29, 1.82) is 0 Å². The van der Waals surface area contributed by atoms with Gasteiger partial charge in [0.05, 0.1) is 37.5 Å². The van der Waals surface area contributed by atoms with Gasteiger partial charge in [0, 0.05) is 17.3 Å². The minimum Gasteiger partial charge on any atom is -0.493 e. The molecular weight excluding hydrogens is 436 g/mol. The molecule has 3 aromatic rings. The number of hydrogen-bond acceptors (Lipinski definition) is 7. The zero-order valence-electron chi connectivity index (χ0n) is 19.6. The first-order valence-electron chi connectivity index (χ1n) is 11.3. The van der Waals surface area contributed by atoms with E-state index in [0.717, 1.165) is 18.4 Å². The molecule has 8 heteroatoms. The molecule has 1 saturated carbocycles. The van der Waals surface area contributed by atoms with Gasteiger partial charge in [0.25, 0.3) is 0 Å². The van der Waals surface area contributed by atoms with Crippen molar-refractivity contribution in [2.45, 2.75) is 38.0 Å². The number of esters is 1. The van der Waals surface area contributed by atoms with Crippen LogP contribution in [0.2, 0.25) is 0 Å². The first-order valence-corrected chi connectivity index (χ1v) is 11.3. The predicted molar refractivity (Wildman–Crippen MR) is 126 cm³/mol. The summed E-state index contributed by atoms with van der Waals surface area (Å²) in [6.07, 6.45) is 3.15. The van der Waals surface area contributed by atoms with Crippen LogP contribution in [-0.4, -0.2) is 37.9 Å². The first-order chi connectivity index (χ1) is 16.5. The van der Waals surface area contributed by atoms with Gasteiger partial charge >= 0.3 is 5.97 Å². The smallest absolute Gasteiger partial charge is 0.338 e. The quantitative estimate of drug-likeness (QED) is 0.333. The topological polar surface area (TPSA) is 99.9 Å². The molecular formula is C26H28N2O6. The van der Waals surface area contributed by atoms with Crippen molar-refractivity contribution in [2.75, 3.05) is 26.1 Å². The molecule has 0 aliphatic heterocycles. The highest BCUT2D eigenvalue weighted by molar-refractivity contribution is 6.01. The fourth-order valence-corrected chi connectivity index (χ4v) is 3.68. The molecule has 1 amide bonds. The Morgan fingerprint density at radius 3 is 2.41 bits per heavy atom. The van der Waals surface area contributed by atoms with Crippen LogP contribution < -0.4 is 14.8 Å². The van der Waals surface area contributed by atoms with Gasteiger partial charge in [-0.2, -0.15) is 0 Å². The van der Waals surface area contributed by atoms with Gasteiger partial charge in [-0.1, -0.05) is 18.5 Å². The van der Waals surface area contributed by atoms with E-state index in [1.165, 1.54) is 0 Å². The Morgan fingerprint density at radius 2 is 1.76 bits per heavy atom. The summed E-state index contributed by atoms with van der Waals surface area (Å²) in [4.78, 5) is 25.2. The zero-order chi connectivity index (χ0) is 24.1. The van der Waals surface area contributed by atoms with E-state index in [0.29, 0.717) is 53.7 Å². The van der Waals surface area contributed by atoms with Crippen LogP contribution >= 0.6 is 0 Å². The summed E-state index contributed by atoms with van der Waals surface area (Å²) in [6.45, 7) is 2.44. The van der Waals surface area contributed by atoms with Crippen molar-refractivity contribution in [3.05, 3.63) is 59.8 Å². The average Bonchev–Trinajstić information content (AvgIpc) is 3.53. The fourth-order valence-electron chi connectivity index (χ4n) is 3.68. The SMILES string of the molecule is CCCCOC(=O)c1ccc(NC(=O)C2(c3cc(-c4ccc(OC)c(OC)c4)on3)CC2)cc1. The summed E-state index contributed by atoms with van der Waals surface area (Å²) < 4.78 is 21.4. The minimum atomic E-state index is -0.726. The van der Waals surface area contributed by atoms with E-state index < -0.39 is 5.41 Å². The molecule has 1 aliphatic carbocycles. The summed E-state index contributed by atoms with van der Waals surface area (Å²) in [5.74, 6) is 1.22. The van der Waals surface area contributed by atoms with E-state index in [2.05, 4.69) is 10.5 Å². The largest absolute Gasteiger partial charge is 0.493 e. The van der Waals surface area contributed by atoms with Gasteiger partial charge in [0.2, 0.25) is 5.91 Å². The number of carbonyl (C=O) groups is 2. The summed E-state index contributed by atoms with van der Waals surface area (Å²) >= 11 is 0. The number of nitrogens with one attached hydrogen (secondary N) is 1. The maximum atomic E-state index is 13.1. The summed E-state index contributed by atoms with van der Waals surface area (Å²) in [6, 6.07) is 13.9. The van der Waals surface area contributed by atoms with Crippen LogP contribution in [-0.2, 0) is 14.9 Å². The molecule has 4 rings (SSSR count). The van der Waals surface area contributed by atoms with Crippen LogP contribution in [0.3, 0.4) is 0 Å². The lowest BCUT2D eigenvalue weighted by molar-refractivity contribution is -0.118. The molecule has 178 valence electrons. The van der Waals surface area contributed by atoms with Crippen LogP contribution in [0.5, 0.6) is 11.5 Å². The molecule has 1 aliphatic rings. The highest BCUT2D eigenvalue weighted by Crippen LogP contribution is 2.49. The van der Waals surface area contributed by atoms with Crippen LogP contribution in [0, 0.1) is 0 Å². The molecule has 0 unspecified atom stereocenters. The van der Waals surface area contributed by atoms with Crippen molar-refractivity contribution in [1.82, 2.24) is 5.16 Å². The third-order valence-electron chi connectivity index (χ3n) is 5.96. The van der Waals surface area contributed by atoms with Crippen LogP contribution in [0.15, 0.2) is 53.1 Å². The molecule has 0 radical (unpaired) electrons. The summed E-state index contributed by atoms with van der Waals surface area (Å²) in [7, 11) is 3.14.